The first kappa shape index (κ1) is 11.1. The number of nitrogens with two attached hydrogens (primary N) is 2. The fraction of sp³-hybridized carbons (Fsp3) is 0.357. The zero-order chi connectivity index (χ0) is 12.7. The molecule has 1 fully saturated rings. The first-order valence-corrected chi connectivity index (χ1v) is 6.31. The Hall–Kier alpha value is -1.97. The molecule has 18 heavy (non-hydrogen) atoms. The summed E-state index contributed by atoms with van der Waals surface area (Å²) >= 11 is 0. The van der Waals surface area contributed by atoms with Crippen LogP contribution in [0.2, 0.25) is 0 Å². The van der Waals surface area contributed by atoms with Crippen molar-refractivity contribution < 1.29 is 0 Å². The summed E-state index contributed by atoms with van der Waals surface area (Å²) in [6.07, 6.45) is 5.29. The summed E-state index contributed by atoms with van der Waals surface area (Å²) in [5.74, 6) is 1.65. The minimum Gasteiger partial charge on any atom is -0.397 e. The number of nitrogens with zero attached hydrogens (tertiary/aromatic N) is 2. The minimum absolute atomic E-state index is 0.621. The first-order valence-electron chi connectivity index (χ1n) is 6.31. The highest BCUT2D eigenvalue weighted by Gasteiger charge is 2.32. The second-order valence-corrected chi connectivity index (χ2v) is 5.27. The topological polar surface area (TPSA) is 69.9 Å². The Kier molecular flexibility index (Phi) is 2.51. The van der Waals surface area contributed by atoms with Gasteiger partial charge in [0.2, 0.25) is 0 Å². The maximum atomic E-state index is 5.82. The first-order chi connectivity index (χ1) is 8.63. The van der Waals surface area contributed by atoms with E-state index in [1.807, 2.05) is 29.1 Å². The normalized spacial score (nSPS) is 22.1. The highest BCUT2D eigenvalue weighted by atomic mass is 15.3. The van der Waals surface area contributed by atoms with E-state index in [9.17, 15) is 0 Å². The summed E-state index contributed by atoms with van der Waals surface area (Å²) in [5.41, 5.74) is 14.9. The van der Waals surface area contributed by atoms with Crippen molar-refractivity contribution in [2.75, 3.05) is 11.5 Å². The standard InChI is InChI=1S/C14H18N4/c1-9-4-11(9)7-18-8-12(6-17-18)10-2-3-13(15)14(16)5-10/h2-3,5-6,8-9,11H,4,7,15-16H2,1H3/t9?,11-/m1/s1. The van der Waals surface area contributed by atoms with Gasteiger partial charge in [-0.2, -0.15) is 5.10 Å². The lowest BCUT2D eigenvalue weighted by Gasteiger charge is -2.02. The van der Waals surface area contributed by atoms with Gasteiger partial charge in [-0.05, 0) is 36.0 Å². The molecule has 1 aromatic heterocycles. The Labute approximate surface area is 107 Å². The van der Waals surface area contributed by atoms with E-state index in [1.165, 1.54) is 6.42 Å². The number of nitrogen functional groups attached to an aromatic ring is 2. The molecule has 4 heteroatoms. The van der Waals surface area contributed by atoms with Gasteiger partial charge in [0.25, 0.3) is 0 Å². The second-order valence-electron chi connectivity index (χ2n) is 5.27. The quantitative estimate of drug-likeness (QED) is 0.812. The molecule has 0 spiro atoms. The van der Waals surface area contributed by atoms with Gasteiger partial charge in [-0.15, -0.1) is 0 Å². The Balaban J connectivity index is 1.81. The maximum absolute atomic E-state index is 5.82. The molecule has 1 heterocycles. The molecule has 4 nitrogen and oxygen atoms in total. The molecule has 0 radical (unpaired) electrons. The summed E-state index contributed by atoms with van der Waals surface area (Å²) in [7, 11) is 0. The number of hydrogen-bond acceptors (Lipinski definition) is 3. The smallest absolute Gasteiger partial charge is 0.0568 e. The fourth-order valence-corrected chi connectivity index (χ4v) is 2.26. The Morgan fingerprint density at radius 2 is 2.06 bits per heavy atom. The van der Waals surface area contributed by atoms with E-state index in [4.69, 9.17) is 11.5 Å². The van der Waals surface area contributed by atoms with Crippen LogP contribution in [-0.2, 0) is 6.54 Å². The van der Waals surface area contributed by atoms with Crippen molar-refractivity contribution in [3.63, 3.8) is 0 Å². The van der Waals surface area contributed by atoms with Gasteiger partial charge in [-0.1, -0.05) is 13.0 Å². The lowest BCUT2D eigenvalue weighted by Crippen LogP contribution is -2.00. The maximum Gasteiger partial charge on any atom is 0.0568 e. The van der Waals surface area contributed by atoms with Gasteiger partial charge < -0.3 is 11.5 Å². The Bertz CT molecular complexity index is 573. The molecule has 0 aliphatic heterocycles. The SMILES string of the molecule is CC1C[C@@H]1Cn1cc(-c2ccc(N)c(N)c2)cn1. The predicted octanol–water partition coefficient (Wildman–Crippen LogP) is 2.37. The summed E-state index contributed by atoms with van der Waals surface area (Å²) in [5, 5.41) is 4.40. The molecule has 0 saturated heterocycles. The molecule has 2 atom stereocenters. The molecule has 0 amide bonds. The lowest BCUT2D eigenvalue weighted by atomic mass is 10.1. The predicted molar refractivity (Wildman–Crippen MR) is 73.8 cm³/mol. The molecule has 94 valence electrons. The zero-order valence-electron chi connectivity index (χ0n) is 10.5. The molecular formula is C14H18N4. The van der Waals surface area contributed by atoms with Crippen LogP contribution < -0.4 is 11.5 Å². The summed E-state index contributed by atoms with van der Waals surface area (Å²) in [6.45, 7) is 3.31. The summed E-state index contributed by atoms with van der Waals surface area (Å²) < 4.78 is 2.02. The van der Waals surface area contributed by atoms with E-state index >= 15 is 0 Å². The average molecular weight is 242 g/mol. The monoisotopic (exact) mass is 242 g/mol. The number of anilines is 2. The van der Waals surface area contributed by atoms with E-state index < -0.39 is 0 Å². The molecule has 1 saturated carbocycles. The van der Waals surface area contributed by atoms with Gasteiger partial charge >= 0.3 is 0 Å². The van der Waals surface area contributed by atoms with E-state index in [0.29, 0.717) is 11.4 Å². The minimum atomic E-state index is 0.621. The molecule has 1 aromatic carbocycles. The summed E-state index contributed by atoms with van der Waals surface area (Å²) in [6, 6.07) is 5.72. The molecular weight excluding hydrogens is 224 g/mol. The van der Waals surface area contributed by atoms with Crippen LogP contribution in [0.25, 0.3) is 11.1 Å². The van der Waals surface area contributed by atoms with Gasteiger partial charge in [0.1, 0.15) is 0 Å². The van der Waals surface area contributed by atoms with Crippen molar-refractivity contribution in [1.82, 2.24) is 9.78 Å². The second kappa shape index (κ2) is 4.05. The largest absolute Gasteiger partial charge is 0.397 e. The Morgan fingerprint density at radius 3 is 2.72 bits per heavy atom. The van der Waals surface area contributed by atoms with Crippen LogP contribution in [0.1, 0.15) is 13.3 Å². The van der Waals surface area contributed by atoms with Crippen molar-refractivity contribution in [2.24, 2.45) is 11.8 Å². The van der Waals surface area contributed by atoms with Crippen LogP contribution in [0.4, 0.5) is 11.4 Å². The van der Waals surface area contributed by atoms with Crippen LogP contribution in [0, 0.1) is 11.8 Å². The van der Waals surface area contributed by atoms with Crippen molar-refractivity contribution >= 4 is 11.4 Å². The van der Waals surface area contributed by atoms with E-state index in [0.717, 1.165) is 29.5 Å². The van der Waals surface area contributed by atoms with Crippen LogP contribution >= 0.6 is 0 Å². The number of rotatable bonds is 3. The Morgan fingerprint density at radius 1 is 1.28 bits per heavy atom. The molecule has 1 aliphatic rings. The highest BCUT2D eigenvalue weighted by molar-refractivity contribution is 5.73. The number of benzene rings is 1. The van der Waals surface area contributed by atoms with E-state index in [2.05, 4.69) is 18.2 Å². The number of aromatic nitrogens is 2. The van der Waals surface area contributed by atoms with Gasteiger partial charge in [0.15, 0.2) is 0 Å². The van der Waals surface area contributed by atoms with E-state index in [1.54, 1.807) is 0 Å². The van der Waals surface area contributed by atoms with Crippen molar-refractivity contribution in [2.45, 2.75) is 19.9 Å². The van der Waals surface area contributed by atoms with Gasteiger partial charge in [0.05, 0.1) is 17.6 Å². The van der Waals surface area contributed by atoms with Crippen LogP contribution in [-0.4, -0.2) is 9.78 Å². The fourth-order valence-electron chi connectivity index (χ4n) is 2.26. The van der Waals surface area contributed by atoms with Gasteiger partial charge in [0, 0.05) is 18.3 Å². The van der Waals surface area contributed by atoms with Gasteiger partial charge in [-0.25, -0.2) is 0 Å². The van der Waals surface area contributed by atoms with Gasteiger partial charge in [-0.3, -0.25) is 4.68 Å². The molecule has 3 rings (SSSR count). The molecule has 2 aromatic rings. The van der Waals surface area contributed by atoms with Crippen molar-refractivity contribution in [1.29, 1.82) is 0 Å². The number of hydrogen-bond donors (Lipinski definition) is 2. The van der Waals surface area contributed by atoms with Crippen molar-refractivity contribution in [3.05, 3.63) is 30.6 Å². The van der Waals surface area contributed by atoms with Crippen LogP contribution in [0.3, 0.4) is 0 Å². The summed E-state index contributed by atoms with van der Waals surface area (Å²) in [4.78, 5) is 0. The highest BCUT2D eigenvalue weighted by Crippen LogP contribution is 2.39. The molecule has 0 bridgehead atoms. The third-order valence-electron chi connectivity index (χ3n) is 3.75. The van der Waals surface area contributed by atoms with Crippen LogP contribution in [0.15, 0.2) is 30.6 Å². The molecule has 1 unspecified atom stereocenters. The van der Waals surface area contributed by atoms with Crippen LogP contribution in [0.5, 0.6) is 0 Å². The lowest BCUT2D eigenvalue weighted by molar-refractivity contribution is 0.540. The van der Waals surface area contributed by atoms with E-state index in [-0.39, 0.29) is 0 Å². The third-order valence-corrected chi connectivity index (χ3v) is 3.75. The molecule has 1 aliphatic carbocycles. The van der Waals surface area contributed by atoms with Crippen molar-refractivity contribution in [3.8, 4) is 11.1 Å². The third kappa shape index (κ3) is 2.06. The average Bonchev–Trinajstić information content (AvgIpc) is 2.85. The molecule has 4 N–H and O–H groups in total. The zero-order valence-corrected chi connectivity index (χ0v) is 10.5.